The first kappa shape index (κ1) is 16.4. The van der Waals surface area contributed by atoms with Gasteiger partial charge in [0.15, 0.2) is 5.43 Å². The number of nitrogens with zero attached hydrogens (tertiary/aromatic N) is 2. The number of likely N-dealkylation sites (tertiary alicyclic amines) is 1. The van der Waals surface area contributed by atoms with Crippen molar-refractivity contribution < 1.29 is 4.79 Å². The Balaban J connectivity index is 1.55. The van der Waals surface area contributed by atoms with Crippen molar-refractivity contribution in [2.75, 3.05) is 6.54 Å². The first-order valence-corrected chi connectivity index (χ1v) is 9.62. The average Bonchev–Trinajstić information content (AvgIpc) is 3.15. The molecule has 2 aromatic rings. The Morgan fingerprint density at radius 2 is 1.80 bits per heavy atom. The van der Waals surface area contributed by atoms with Gasteiger partial charge in [-0.3, -0.25) is 9.59 Å². The molecule has 4 rings (SSSR count). The van der Waals surface area contributed by atoms with Gasteiger partial charge in [0, 0.05) is 30.2 Å². The molecular formula is C21H26N2O2. The van der Waals surface area contributed by atoms with Crippen molar-refractivity contribution in [3.63, 3.8) is 0 Å². The molecular weight excluding hydrogens is 312 g/mol. The monoisotopic (exact) mass is 338 g/mol. The number of hydrogen-bond donors (Lipinski definition) is 0. The fourth-order valence-corrected chi connectivity index (χ4v) is 4.75. The Labute approximate surface area is 148 Å². The second-order valence-electron chi connectivity index (χ2n) is 7.52. The molecule has 0 spiro atoms. The number of carbonyl (C=O) groups is 1. The fourth-order valence-electron chi connectivity index (χ4n) is 4.75. The predicted octanol–water partition coefficient (Wildman–Crippen LogP) is 3.57. The van der Waals surface area contributed by atoms with Gasteiger partial charge in [0.25, 0.3) is 0 Å². The molecule has 1 atom stereocenters. The van der Waals surface area contributed by atoms with Gasteiger partial charge in [-0.2, -0.15) is 0 Å². The molecule has 132 valence electrons. The van der Waals surface area contributed by atoms with Gasteiger partial charge < -0.3 is 9.47 Å². The van der Waals surface area contributed by atoms with Crippen LogP contribution in [0.4, 0.5) is 0 Å². The number of amides is 1. The van der Waals surface area contributed by atoms with E-state index in [0.29, 0.717) is 23.9 Å². The van der Waals surface area contributed by atoms with E-state index in [1.54, 1.807) is 12.3 Å². The molecule has 1 saturated carbocycles. The van der Waals surface area contributed by atoms with Gasteiger partial charge in [0.1, 0.15) is 6.54 Å². The van der Waals surface area contributed by atoms with Crippen molar-refractivity contribution in [1.82, 2.24) is 9.47 Å². The Morgan fingerprint density at radius 1 is 1.00 bits per heavy atom. The van der Waals surface area contributed by atoms with Crippen LogP contribution >= 0.6 is 0 Å². The third-order valence-corrected chi connectivity index (χ3v) is 6.00. The van der Waals surface area contributed by atoms with Crippen molar-refractivity contribution in [2.24, 2.45) is 5.92 Å². The Bertz CT molecular complexity index is 820. The van der Waals surface area contributed by atoms with Crippen LogP contribution in [-0.2, 0) is 11.3 Å². The topological polar surface area (TPSA) is 42.3 Å². The van der Waals surface area contributed by atoms with Crippen molar-refractivity contribution in [3.05, 3.63) is 46.8 Å². The quantitative estimate of drug-likeness (QED) is 0.858. The summed E-state index contributed by atoms with van der Waals surface area (Å²) in [6.45, 7) is 1.21. The van der Waals surface area contributed by atoms with Gasteiger partial charge >= 0.3 is 0 Å². The zero-order valence-corrected chi connectivity index (χ0v) is 14.7. The highest BCUT2D eigenvalue weighted by Gasteiger charge is 2.35. The fraction of sp³-hybridized carbons (Fsp3) is 0.524. The highest BCUT2D eigenvalue weighted by atomic mass is 16.2. The summed E-state index contributed by atoms with van der Waals surface area (Å²) in [5, 5.41) is 0.683. The van der Waals surface area contributed by atoms with Gasteiger partial charge in [-0.1, -0.05) is 31.4 Å². The van der Waals surface area contributed by atoms with Crippen LogP contribution in [0.3, 0.4) is 0 Å². The second-order valence-corrected chi connectivity index (χ2v) is 7.52. The van der Waals surface area contributed by atoms with Gasteiger partial charge in [0.05, 0.1) is 5.52 Å². The van der Waals surface area contributed by atoms with E-state index in [9.17, 15) is 9.59 Å². The van der Waals surface area contributed by atoms with E-state index in [0.717, 1.165) is 24.9 Å². The maximum atomic E-state index is 13.0. The van der Waals surface area contributed by atoms with Crippen LogP contribution in [0.2, 0.25) is 0 Å². The minimum atomic E-state index is 0.0144. The zero-order valence-electron chi connectivity index (χ0n) is 14.7. The van der Waals surface area contributed by atoms with E-state index < -0.39 is 0 Å². The van der Waals surface area contributed by atoms with E-state index in [4.69, 9.17) is 0 Å². The Morgan fingerprint density at radius 3 is 2.64 bits per heavy atom. The molecule has 2 aliphatic rings. The summed E-state index contributed by atoms with van der Waals surface area (Å²) in [7, 11) is 0. The molecule has 0 bridgehead atoms. The van der Waals surface area contributed by atoms with E-state index in [2.05, 4.69) is 4.90 Å². The van der Waals surface area contributed by atoms with Gasteiger partial charge in [-0.05, 0) is 43.7 Å². The summed E-state index contributed by atoms with van der Waals surface area (Å²) in [4.78, 5) is 27.2. The lowest BCUT2D eigenvalue weighted by Crippen LogP contribution is -2.42. The zero-order chi connectivity index (χ0) is 17.2. The lowest BCUT2D eigenvalue weighted by Gasteiger charge is -2.34. The SMILES string of the molecule is O=C(Cn1ccc(=O)c2ccccc21)N1CCC[C@@H]1C1CCCCC1. The molecule has 1 aromatic carbocycles. The second kappa shape index (κ2) is 7.03. The number of aromatic nitrogens is 1. The molecule has 1 aromatic heterocycles. The lowest BCUT2D eigenvalue weighted by atomic mass is 9.83. The van der Waals surface area contributed by atoms with Gasteiger partial charge in [0.2, 0.25) is 5.91 Å². The number of hydrogen-bond acceptors (Lipinski definition) is 2. The van der Waals surface area contributed by atoms with Crippen LogP contribution < -0.4 is 5.43 Å². The largest absolute Gasteiger partial charge is 0.338 e. The lowest BCUT2D eigenvalue weighted by molar-refractivity contribution is -0.133. The predicted molar refractivity (Wildman–Crippen MR) is 99.5 cm³/mol. The van der Waals surface area contributed by atoms with E-state index in [-0.39, 0.29) is 11.3 Å². The third kappa shape index (κ3) is 3.22. The highest BCUT2D eigenvalue weighted by Crippen LogP contribution is 2.34. The first-order valence-electron chi connectivity index (χ1n) is 9.62. The van der Waals surface area contributed by atoms with Crippen molar-refractivity contribution in [1.29, 1.82) is 0 Å². The van der Waals surface area contributed by atoms with Crippen molar-refractivity contribution in [3.8, 4) is 0 Å². The number of carbonyl (C=O) groups excluding carboxylic acids is 1. The first-order chi connectivity index (χ1) is 12.2. The number of pyridine rings is 1. The molecule has 1 aliphatic heterocycles. The maximum absolute atomic E-state index is 13.0. The summed E-state index contributed by atoms with van der Waals surface area (Å²) in [6.07, 6.45) is 10.6. The number of para-hydroxylation sites is 1. The van der Waals surface area contributed by atoms with Crippen LogP contribution in [0, 0.1) is 5.92 Å². The highest BCUT2D eigenvalue weighted by molar-refractivity contribution is 5.82. The van der Waals surface area contributed by atoms with Crippen LogP contribution in [0.1, 0.15) is 44.9 Å². The average molecular weight is 338 g/mol. The minimum absolute atomic E-state index is 0.0144. The van der Waals surface area contributed by atoms with Crippen LogP contribution in [0.25, 0.3) is 10.9 Å². The summed E-state index contributed by atoms with van der Waals surface area (Å²) in [6, 6.07) is 9.54. The molecule has 2 fully saturated rings. The van der Waals surface area contributed by atoms with Crippen molar-refractivity contribution in [2.45, 2.75) is 57.5 Å². The van der Waals surface area contributed by atoms with Crippen molar-refractivity contribution >= 4 is 16.8 Å². The smallest absolute Gasteiger partial charge is 0.242 e. The molecule has 4 heteroatoms. The summed E-state index contributed by atoms with van der Waals surface area (Å²) in [5.74, 6) is 0.882. The Kier molecular flexibility index (Phi) is 4.60. The van der Waals surface area contributed by atoms with Gasteiger partial charge in [-0.15, -0.1) is 0 Å². The molecule has 25 heavy (non-hydrogen) atoms. The van der Waals surface area contributed by atoms with Crippen LogP contribution in [0.5, 0.6) is 0 Å². The van der Waals surface area contributed by atoms with E-state index >= 15 is 0 Å². The molecule has 0 N–H and O–H groups in total. The minimum Gasteiger partial charge on any atom is -0.338 e. The molecule has 1 amide bonds. The summed E-state index contributed by atoms with van der Waals surface area (Å²) < 4.78 is 1.93. The van der Waals surface area contributed by atoms with E-state index in [1.165, 1.54) is 32.1 Å². The molecule has 2 heterocycles. The van der Waals surface area contributed by atoms with Crippen LogP contribution in [-0.4, -0.2) is 28.0 Å². The summed E-state index contributed by atoms with van der Waals surface area (Å²) in [5.41, 5.74) is 0.859. The maximum Gasteiger partial charge on any atom is 0.242 e. The number of fused-ring (bicyclic) bond motifs is 1. The number of benzene rings is 1. The van der Waals surface area contributed by atoms with E-state index in [1.807, 2.05) is 28.8 Å². The van der Waals surface area contributed by atoms with Gasteiger partial charge in [-0.25, -0.2) is 0 Å². The summed E-state index contributed by atoms with van der Waals surface area (Å²) >= 11 is 0. The molecule has 4 nitrogen and oxygen atoms in total. The molecule has 1 saturated heterocycles. The normalized spacial score (nSPS) is 21.8. The third-order valence-electron chi connectivity index (χ3n) is 6.00. The Hall–Kier alpha value is -2.10. The van der Waals surface area contributed by atoms with Crippen LogP contribution in [0.15, 0.2) is 41.3 Å². The standard InChI is InChI=1S/C21H26N2O2/c24-20-12-14-22(19-10-5-4-9-17(19)20)15-21(25)23-13-6-11-18(23)16-7-2-1-3-8-16/h4-5,9-10,12,14,16,18H,1-3,6-8,11,13,15H2/t18-/m1/s1. The molecule has 1 aliphatic carbocycles. The number of rotatable bonds is 3. The molecule has 0 unspecified atom stereocenters. The molecule has 0 radical (unpaired) electrons.